The highest BCUT2D eigenvalue weighted by Gasteiger charge is 2.21. The predicted octanol–water partition coefficient (Wildman–Crippen LogP) is 29.2. The molecule has 0 N–H and O–H groups in total. The van der Waals surface area contributed by atoms with Gasteiger partial charge in [-0.25, -0.2) is 24.9 Å². The van der Waals surface area contributed by atoms with Crippen LogP contribution in [-0.2, 0) is 0 Å². The van der Waals surface area contributed by atoms with Gasteiger partial charge in [0.05, 0.1) is 50.5 Å². The summed E-state index contributed by atoms with van der Waals surface area (Å²) in [6.07, 6.45) is 1.83. The highest BCUT2D eigenvalue weighted by molar-refractivity contribution is 6.10. The maximum absolute atomic E-state index is 6.18. The van der Waals surface area contributed by atoms with E-state index in [2.05, 4.69) is 242 Å². The molecule has 8 heterocycles. The van der Waals surface area contributed by atoms with Crippen LogP contribution in [0.4, 0.5) is 0 Å². The van der Waals surface area contributed by atoms with Gasteiger partial charge < -0.3 is 17.7 Å². The lowest BCUT2D eigenvalue weighted by atomic mass is 9.97. The van der Waals surface area contributed by atoms with E-state index in [1.54, 1.807) is 0 Å². The van der Waals surface area contributed by atoms with Crippen molar-refractivity contribution in [2.75, 3.05) is 0 Å². The van der Waals surface area contributed by atoms with Gasteiger partial charge in [-0.2, -0.15) is 0 Å². The molecule has 552 valence electrons. The van der Waals surface area contributed by atoms with Gasteiger partial charge >= 0.3 is 0 Å². The van der Waals surface area contributed by atoms with Crippen molar-refractivity contribution in [1.29, 1.82) is 0 Å². The fraction of sp³-hybridized carbons (Fsp3) is 0. The topological polar surface area (TPSA) is 130 Å². The van der Waals surface area contributed by atoms with E-state index in [1.165, 1.54) is 11.1 Å². The second-order valence-corrected chi connectivity index (χ2v) is 29.5. The number of fused-ring (bicyclic) bond motifs is 15. The highest BCUT2D eigenvalue weighted by atomic mass is 16.3. The largest absolute Gasteiger partial charge is 0.456 e. The summed E-state index contributed by atoms with van der Waals surface area (Å²) in [5.74, 6) is 0.728. The van der Waals surface area contributed by atoms with Crippen LogP contribution in [-0.4, -0.2) is 29.9 Å². The molecule has 0 fully saturated rings. The first-order valence-electron chi connectivity index (χ1n) is 39.4. The molecular formula is C108H66N6O4. The van der Waals surface area contributed by atoms with E-state index in [-0.39, 0.29) is 0 Å². The minimum atomic E-state index is 0.728. The summed E-state index contributed by atoms with van der Waals surface area (Å²) in [5.41, 5.74) is 30.4. The predicted molar refractivity (Wildman–Crippen MR) is 482 cm³/mol. The molecule has 0 atom stereocenters. The third-order valence-corrected chi connectivity index (χ3v) is 22.3. The lowest BCUT2D eigenvalue weighted by Crippen LogP contribution is -1.95. The Morgan fingerprint density at radius 2 is 0.500 bits per heavy atom. The van der Waals surface area contributed by atoms with Crippen molar-refractivity contribution in [3.05, 3.63) is 401 Å². The third-order valence-electron chi connectivity index (χ3n) is 22.3. The number of rotatable bonds is 10. The number of benzene rings is 16. The molecule has 0 amide bonds. The SMILES string of the molecule is c1cc(-c2ccc3c(c2)oc2ccccc23)cc(-c2nc3ccccc3nc2-c2ccc3oc4ccccc4c3c2)c1.c1ccc(-c2nc(-c3cccc(-c4ccc5c(c4)oc4ccccc45)c3)cc3ncccc23)cc1.c1ccc(-c2nc(-c3ccccc3)c3ccc(-c4ccc(-c5ccc6oc7ccccc7c6c5)cc4)cc3n2)cc1. The normalized spacial score (nSPS) is 11.6. The van der Waals surface area contributed by atoms with Gasteiger partial charge in [0.15, 0.2) is 5.82 Å². The average molecular weight is 1510 g/mol. The maximum atomic E-state index is 6.18. The number of hydrogen-bond donors (Lipinski definition) is 0. The molecule has 24 aromatic rings. The molecule has 10 nitrogen and oxygen atoms in total. The van der Waals surface area contributed by atoms with Gasteiger partial charge in [-0.3, -0.25) is 4.98 Å². The van der Waals surface area contributed by atoms with Crippen LogP contribution in [0.25, 0.3) is 233 Å². The van der Waals surface area contributed by atoms with Gasteiger partial charge in [-0.15, -0.1) is 0 Å². The zero-order valence-electron chi connectivity index (χ0n) is 63.4. The lowest BCUT2D eigenvalue weighted by molar-refractivity contribution is 0.668. The van der Waals surface area contributed by atoms with Crippen LogP contribution in [0.15, 0.2) is 418 Å². The van der Waals surface area contributed by atoms with Crippen molar-refractivity contribution in [2.24, 2.45) is 0 Å². The van der Waals surface area contributed by atoms with E-state index in [4.69, 9.17) is 42.6 Å². The minimum absolute atomic E-state index is 0.728. The molecule has 0 aliphatic carbocycles. The first-order chi connectivity index (χ1) is 58.4. The first-order valence-corrected chi connectivity index (χ1v) is 39.4. The van der Waals surface area contributed by atoms with Crippen LogP contribution in [0.5, 0.6) is 0 Å². The van der Waals surface area contributed by atoms with Crippen molar-refractivity contribution in [2.45, 2.75) is 0 Å². The van der Waals surface area contributed by atoms with Gasteiger partial charge in [0.1, 0.15) is 44.7 Å². The summed E-state index contributed by atoms with van der Waals surface area (Å²) >= 11 is 0. The summed E-state index contributed by atoms with van der Waals surface area (Å²) in [7, 11) is 0. The molecular weight excluding hydrogens is 1450 g/mol. The van der Waals surface area contributed by atoms with Gasteiger partial charge in [0.25, 0.3) is 0 Å². The van der Waals surface area contributed by atoms with Crippen molar-refractivity contribution in [3.63, 3.8) is 0 Å². The van der Waals surface area contributed by atoms with Gasteiger partial charge in [-0.05, 0) is 178 Å². The van der Waals surface area contributed by atoms with E-state index >= 15 is 0 Å². The fourth-order valence-corrected chi connectivity index (χ4v) is 16.4. The molecule has 0 unspecified atom stereocenters. The summed E-state index contributed by atoms with van der Waals surface area (Å²) in [4.78, 5) is 30.1. The summed E-state index contributed by atoms with van der Waals surface area (Å²) in [6, 6.07) is 135. The number of para-hydroxylation sites is 6. The molecule has 0 radical (unpaired) electrons. The molecule has 0 saturated heterocycles. The number of hydrogen-bond acceptors (Lipinski definition) is 10. The third kappa shape index (κ3) is 12.8. The second kappa shape index (κ2) is 29.2. The maximum Gasteiger partial charge on any atom is 0.160 e. The molecule has 10 heteroatoms. The van der Waals surface area contributed by atoms with E-state index in [9.17, 15) is 0 Å². The smallest absolute Gasteiger partial charge is 0.160 e. The number of pyridine rings is 2. The van der Waals surface area contributed by atoms with Crippen LogP contribution in [0, 0.1) is 0 Å². The van der Waals surface area contributed by atoms with E-state index in [0.717, 1.165) is 222 Å². The summed E-state index contributed by atoms with van der Waals surface area (Å²) in [6.45, 7) is 0. The quantitative estimate of drug-likeness (QED) is 0.130. The monoisotopic (exact) mass is 1510 g/mol. The zero-order valence-corrected chi connectivity index (χ0v) is 63.4. The molecule has 24 rings (SSSR count). The van der Waals surface area contributed by atoms with E-state index in [1.807, 2.05) is 164 Å². The summed E-state index contributed by atoms with van der Waals surface area (Å²) < 4.78 is 24.4. The Balaban J connectivity index is 0.000000107. The molecule has 8 aromatic heterocycles. The standard InChI is InChI=1S/C38H22N2O2.C38H24N2O.C32H20N2O/c1-5-14-33-27(10-1)29-18-16-24(22-36(29)42-33)23-8-7-9-25(20-23)37-38(40-32-13-4-3-12-31(32)39-37)26-17-19-35-30(21-26)28-11-2-6-15-34(28)41-35;1-3-9-27(10-4-1)37-32-21-19-30(24-34(32)39-38(40-37)28-11-5-2-6-12-28)26-17-15-25(16-18-26)29-20-22-36-33(23-29)31-13-7-8-14-35(31)41-36;1-2-8-21(9-3-1)32-27-13-7-17-33-29(27)20-28(34-32)24-11-6-10-22(18-24)23-15-16-26-25-12-4-5-14-30(25)35-31(26)19-23/h1-22H;1-24H;1-20H. The Bertz CT molecular complexity index is 8010. The summed E-state index contributed by atoms with van der Waals surface area (Å²) in [5, 5.41) is 11.1. The Kier molecular flexibility index (Phi) is 17.0. The highest BCUT2D eigenvalue weighted by Crippen LogP contribution is 2.42. The van der Waals surface area contributed by atoms with Gasteiger partial charge in [-0.1, -0.05) is 261 Å². The second-order valence-electron chi connectivity index (χ2n) is 29.5. The lowest BCUT2D eigenvalue weighted by Gasteiger charge is -2.12. The molecule has 0 aliphatic rings. The van der Waals surface area contributed by atoms with Crippen LogP contribution in [0.1, 0.15) is 0 Å². The molecule has 16 aromatic carbocycles. The van der Waals surface area contributed by atoms with Gasteiger partial charge in [0.2, 0.25) is 0 Å². The Morgan fingerprint density at radius 3 is 1.05 bits per heavy atom. The average Bonchev–Trinajstić information content (AvgIpc) is 1.00. The van der Waals surface area contributed by atoms with E-state index < -0.39 is 0 Å². The minimum Gasteiger partial charge on any atom is -0.456 e. The Morgan fingerprint density at radius 1 is 0.153 bits per heavy atom. The first kappa shape index (κ1) is 68.7. The molecule has 118 heavy (non-hydrogen) atoms. The van der Waals surface area contributed by atoms with Crippen LogP contribution in [0.3, 0.4) is 0 Å². The molecule has 0 bridgehead atoms. The van der Waals surface area contributed by atoms with Crippen LogP contribution in [0.2, 0.25) is 0 Å². The van der Waals surface area contributed by atoms with Crippen molar-refractivity contribution in [3.8, 4) is 112 Å². The Labute approximate surface area is 676 Å². The fourth-order valence-electron chi connectivity index (χ4n) is 16.4. The number of aromatic nitrogens is 6. The zero-order chi connectivity index (χ0) is 78.0. The number of furan rings is 4. The van der Waals surface area contributed by atoms with E-state index in [0.29, 0.717) is 0 Å². The molecule has 0 saturated carbocycles. The Hall–Kier alpha value is -16.0. The molecule has 0 aliphatic heterocycles. The van der Waals surface area contributed by atoms with Crippen LogP contribution >= 0.6 is 0 Å². The van der Waals surface area contributed by atoms with Crippen molar-refractivity contribution in [1.82, 2.24) is 29.9 Å². The molecule has 0 spiro atoms. The van der Waals surface area contributed by atoms with Crippen molar-refractivity contribution < 1.29 is 17.7 Å². The van der Waals surface area contributed by atoms with Gasteiger partial charge in [0, 0.05) is 93.4 Å². The number of nitrogens with zero attached hydrogens (tertiary/aromatic N) is 6. The van der Waals surface area contributed by atoms with Crippen molar-refractivity contribution >= 4 is 121 Å². The van der Waals surface area contributed by atoms with Crippen LogP contribution < -0.4 is 0 Å².